The van der Waals surface area contributed by atoms with Gasteiger partial charge in [0.1, 0.15) is 22.8 Å². The van der Waals surface area contributed by atoms with E-state index in [1.807, 2.05) is 20.8 Å². The number of phenolic OH excluding ortho intramolecular Hbond substituents is 1. The topological polar surface area (TPSA) is 184 Å². The van der Waals surface area contributed by atoms with Crippen molar-refractivity contribution in [1.82, 2.24) is 0 Å². The molecule has 3 aliphatic carbocycles. The number of carbonyl (C=O) groups is 4. The van der Waals surface area contributed by atoms with Crippen LogP contribution in [0.25, 0.3) is 0 Å². The first-order valence-corrected chi connectivity index (χ1v) is 12.1. The van der Waals surface area contributed by atoms with Gasteiger partial charge in [-0.15, -0.1) is 0 Å². The van der Waals surface area contributed by atoms with Gasteiger partial charge in [-0.05, 0) is 47.8 Å². The summed E-state index contributed by atoms with van der Waals surface area (Å²) in [5.74, 6) is -7.09. The number of amides is 1. The Morgan fingerprint density at radius 2 is 1.81 bits per heavy atom. The molecule has 0 heterocycles. The van der Waals surface area contributed by atoms with Crippen molar-refractivity contribution in [2.45, 2.75) is 58.5 Å². The number of benzene rings is 1. The van der Waals surface area contributed by atoms with E-state index in [2.05, 4.69) is 0 Å². The molecule has 0 saturated heterocycles. The fourth-order valence-electron chi connectivity index (χ4n) is 5.52. The van der Waals surface area contributed by atoms with Crippen LogP contribution in [0, 0.1) is 17.3 Å². The summed E-state index contributed by atoms with van der Waals surface area (Å²) >= 11 is 0. The monoisotopic (exact) mass is 513 g/mol. The molecule has 1 aromatic rings. The van der Waals surface area contributed by atoms with Crippen LogP contribution in [0.15, 0.2) is 34.8 Å². The van der Waals surface area contributed by atoms with Crippen molar-refractivity contribution in [1.29, 1.82) is 0 Å². The number of rotatable bonds is 5. The smallest absolute Gasteiger partial charge is 0.306 e. The van der Waals surface area contributed by atoms with E-state index in [1.165, 1.54) is 6.07 Å². The number of hydrogen-bond donors (Lipinski definition) is 5. The molecule has 0 aromatic heterocycles. The molecule has 3 atom stereocenters. The van der Waals surface area contributed by atoms with Gasteiger partial charge in [0.2, 0.25) is 5.78 Å². The summed E-state index contributed by atoms with van der Waals surface area (Å²) in [5, 5.41) is 43.1. The number of esters is 1. The van der Waals surface area contributed by atoms with Crippen molar-refractivity contribution < 1.29 is 44.3 Å². The molecule has 6 N–H and O–H groups in total. The second-order valence-corrected chi connectivity index (χ2v) is 11.2. The molecular formula is C27H31NO9. The number of primary amides is 1. The molecule has 4 rings (SSSR count). The number of fused-ring (bicyclic) bond motifs is 3. The van der Waals surface area contributed by atoms with Crippen LogP contribution in [0.5, 0.6) is 5.75 Å². The summed E-state index contributed by atoms with van der Waals surface area (Å²) < 4.78 is 5.32. The molecule has 0 unspecified atom stereocenters. The van der Waals surface area contributed by atoms with Crippen LogP contribution in [-0.2, 0) is 32.0 Å². The third kappa shape index (κ3) is 4.39. The largest absolute Gasteiger partial charge is 0.511 e. The van der Waals surface area contributed by atoms with Gasteiger partial charge in [-0.2, -0.15) is 0 Å². The third-order valence-corrected chi connectivity index (χ3v) is 7.31. The Labute approximate surface area is 213 Å². The Kier molecular flexibility index (Phi) is 6.44. The van der Waals surface area contributed by atoms with E-state index in [0.717, 1.165) is 0 Å². The lowest BCUT2D eigenvalue weighted by Crippen LogP contribution is -2.57. The number of hydrogen-bond acceptors (Lipinski definition) is 9. The van der Waals surface area contributed by atoms with Gasteiger partial charge in [-0.3, -0.25) is 19.2 Å². The summed E-state index contributed by atoms with van der Waals surface area (Å²) in [6, 6.07) is 2.95. The number of carbonyl (C=O) groups excluding carboxylic acids is 4. The van der Waals surface area contributed by atoms with Crippen molar-refractivity contribution in [3.05, 3.63) is 51.5 Å². The molecule has 0 spiro atoms. The van der Waals surface area contributed by atoms with E-state index in [1.54, 1.807) is 6.07 Å². The fraction of sp³-hybridized carbons (Fsp3) is 0.481. The van der Waals surface area contributed by atoms with Crippen molar-refractivity contribution >= 4 is 23.4 Å². The zero-order chi connectivity index (χ0) is 27.4. The number of aliphatic hydroxyl groups excluding tert-OH is 2. The lowest BCUT2D eigenvalue weighted by molar-refractivity contribution is -0.146. The molecule has 1 aromatic carbocycles. The Hall–Kier alpha value is -3.66. The van der Waals surface area contributed by atoms with Crippen LogP contribution >= 0.6 is 0 Å². The van der Waals surface area contributed by atoms with Crippen LogP contribution in [0.2, 0.25) is 0 Å². The molecule has 0 fully saturated rings. The minimum atomic E-state index is -2.60. The van der Waals surface area contributed by atoms with Gasteiger partial charge in [0.05, 0.1) is 12.2 Å². The van der Waals surface area contributed by atoms with Crippen LogP contribution < -0.4 is 5.73 Å². The maximum absolute atomic E-state index is 13.5. The third-order valence-electron chi connectivity index (χ3n) is 7.31. The number of aliphatic hydroxyl groups is 3. The highest BCUT2D eigenvalue weighted by molar-refractivity contribution is 6.24. The minimum absolute atomic E-state index is 0.0473. The van der Waals surface area contributed by atoms with Gasteiger partial charge in [0.25, 0.3) is 5.91 Å². The SMILES string of the molecule is CC(C)(C)COC(=O)CCc1ccc(O)c2c1C[C@H]1C[C@H]3CC(O)=C(C(N)=O)C(=O)[C@@]3(O)C(O)=C1C2=O. The molecule has 0 bridgehead atoms. The van der Waals surface area contributed by atoms with Crippen molar-refractivity contribution in [2.24, 2.45) is 23.0 Å². The second-order valence-electron chi connectivity index (χ2n) is 11.2. The number of ketones is 2. The molecule has 0 aliphatic heterocycles. The van der Waals surface area contributed by atoms with E-state index in [4.69, 9.17) is 10.5 Å². The van der Waals surface area contributed by atoms with Gasteiger partial charge >= 0.3 is 5.97 Å². The Morgan fingerprint density at radius 3 is 2.43 bits per heavy atom. The zero-order valence-electron chi connectivity index (χ0n) is 21.0. The van der Waals surface area contributed by atoms with Crippen molar-refractivity contribution in [3.63, 3.8) is 0 Å². The maximum Gasteiger partial charge on any atom is 0.306 e. The number of nitrogens with two attached hydrogens (primary N) is 1. The predicted octanol–water partition coefficient (Wildman–Crippen LogP) is 2.10. The average molecular weight is 514 g/mol. The first-order chi connectivity index (χ1) is 17.2. The first-order valence-electron chi connectivity index (χ1n) is 12.1. The van der Waals surface area contributed by atoms with E-state index < -0.39 is 58.0 Å². The number of ether oxygens (including phenoxy) is 1. The number of phenols is 1. The fourth-order valence-corrected chi connectivity index (χ4v) is 5.52. The normalized spacial score (nSPS) is 25.4. The molecule has 1 amide bonds. The summed E-state index contributed by atoms with van der Waals surface area (Å²) in [5.41, 5.74) is 2.49. The number of allylic oxidation sites excluding steroid dienone is 2. The summed E-state index contributed by atoms with van der Waals surface area (Å²) in [7, 11) is 0. The molecule has 0 radical (unpaired) electrons. The van der Waals surface area contributed by atoms with E-state index in [9.17, 15) is 39.6 Å². The summed E-state index contributed by atoms with van der Waals surface area (Å²) in [6.45, 7) is 6.09. The lowest BCUT2D eigenvalue weighted by Gasteiger charge is -2.45. The van der Waals surface area contributed by atoms with Crippen LogP contribution in [0.3, 0.4) is 0 Å². The van der Waals surface area contributed by atoms with Crippen LogP contribution in [-0.4, -0.2) is 56.1 Å². The highest BCUT2D eigenvalue weighted by atomic mass is 16.5. The second kappa shape index (κ2) is 9.02. The van der Waals surface area contributed by atoms with E-state index in [-0.39, 0.29) is 61.0 Å². The quantitative estimate of drug-likeness (QED) is 0.290. The molecular weight excluding hydrogens is 482 g/mol. The Morgan fingerprint density at radius 1 is 1.14 bits per heavy atom. The Bertz CT molecular complexity index is 1280. The molecule has 3 aliphatic rings. The summed E-state index contributed by atoms with van der Waals surface area (Å²) in [6.07, 6.45) is 0.266. The zero-order valence-corrected chi connectivity index (χ0v) is 21.0. The van der Waals surface area contributed by atoms with Crippen molar-refractivity contribution in [2.75, 3.05) is 6.61 Å². The first kappa shape index (κ1) is 26.4. The number of aromatic hydroxyl groups is 1. The van der Waals surface area contributed by atoms with Gasteiger partial charge in [-0.25, -0.2) is 0 Å². The maximum atomic E-state index is 13.5. The highest BCUT2D eigenvalue weighted by Gasteiger charge is 2.59. The van der Waals surface area contributed by atoms with Crippen molar-refractivity contribution in [3.8, 4) is 5.75 Å². The highest BCUT2D eigenvalue weighted by Crippen LogP contribution is 2.51. The lowest BCUT2D eigenvalue weighted by atomic mass is 9.60. The van der Waals surface area contributed by atoms with Gasteiger partial charge in [-0.1, -0.05) is 26.8 Å². The van der Waals surface area contributed by atoms with Gasteiger partial charge in [0, 0.05) is 24.3 Å². The minimum Gasteiger partial charge on any atom is -0.511 e. The van der Waals surface area contributed by atoms with E-state index in [0.29, 0.717) is 11.1 Å². The molecule has 0 saturated carbocycles. The molecule has 10 heteroatoms. The Balaban J connectivity index is 1.69. The van der Waals surface area contributed by atoms with Crippen LogP contribution in [0.1, 0.15) is 61.5 Å². The number of Topliss-reactive ketones (excluding diaryl/α,β-unsaturated/α-hetero) is 2. The standard InChI is InChI=1S/C27H31NO9/c1-26(2,3)11-37-18(31)7-5-12-4-6-16(29)20-15(12)9-13-8-14-10-17(30)21(25(28)35)24(34)27(14,36)23(33)19(13)22(20)32/h4,6,13-14,29-30,33,36H,5,7-11H2,1-3H3,(H2,28,35)/t13-,14+,27+/m1/s1. The van der Waals surface area contributed by atoms with E-state index >= 15 is 0 Å². The predicted molar refractivity (Wildman–Crippen MR) is 130 cm³/mol. The van der Waals surface area contributed by atoms with Gasteiger partial charge in [0.15, 0.2) is 11.4 Å². The number of aryl methyl sites for hydroxylation is 1. The van der Waals surface area contributed by atoms with Crippen LogP contribution in [0.4, 0.5) is 0 Å². The molecule has 37 heavy (non-hydrogen) atoms. The average Bonchev–Trinajstić information content (AvgIpc) is 2.78. The molecule has 10 nitrogen and oxygen atoms in total. The van der Waals surface area contributed by atoms with Gasteiger partial charge < -0.3 is 30.9 Å². The summed E-state index contributed by atoms with van der Waals surface area (Å²) in [4.78, 5) is 50.5. The molecule has 198 valence electrons.